The molecule has 0 atom stereocenters. The van der Waals surface area contributed by atoms with E-state index in [2.05, 4.69) is 220 Å². The van der Waals surface area contributed by atoms with E-state index in [9.17, 15) is 0 Å². The van der Waals surface area contributed by atoms with E-state index in [1.165, 1.54) is 95.5 Å². The molecule has 0 fully saturated rings. The van der Waals surface area contributed by atoms with E-state index in [-0.39, 0.29) is 0 Å². The summed E-state index contributed by atoms with van der Waals surface area (Å²) in [6.45, 7) is 0. The number of hydrogen-bond acceptors (Lipinski definition) is 3. The second-order valence-electron chi connectivity index (χ2n) is 15.2. The first-order valence-electron chi connectivity index (χ1n) is 19.8. The van der Waals surface area contributed by atoms with Crippen LogP contribution in [0.4, 0.5) is 11.4 Å². The number of anilines is 2. The number of rotatable bonds is 6. The molecular weight excluding hydrogens is 821 g/mol. The Morgan fingerprint density at radius 1 is 0.373 bits per heavy atom. The van der Waals surface area contributed by atoms with Crippen LogP contribution in [-0.2, 0) is 0 Å². The summed E-state index contributed by atoms with van der Waals surface area (Å²) in [5.74, 6) is 0. The third-order valence-electron chi connectivity index (χ3n) is 11.6. The third kappa shape index (κ3) is 5.88. The Labute approximate surface area is 357 Å². The fourth-order valence-electron chi connectivity index (χ4n) is 8.82. The van der Waals surface area contributed by atoms with Gasteiger partial charge < -0.3 is 9.88 Å². The molecule has 0 saturated heterocycles. The van der Waals surface area contributed by atoms with Crippen LogP contribution in [0.3, 0.4) is 0 Å². The highest BCUT2D eigenvalue weighted by molar-refractivity contribution is 9.10. The minimum absolute atomic E-state index is 1.08. The summed E-state index contributed by atoms with van der Waals surface area (Å²) >= 11 is 7.44. The molecule has 1 N–H and O–H groups in total. The Morgan fingerprint density at radius 3 is 1.85 bits per heavy atom. The zero-order valence-corrected chi connectivity index (χ0v) is 34.8. The highest BCUT2D eigenvalue weighted by Gasteiger charge is 2.16. The average Bonchev–Trinajstić information content (AvgIpc) is 3.95. The van der Waals surface area contributed by atoms with E-state index in [1.54, 1.807) is 0 Å². The largest absolute Gasteiger partial charge is 0.354 e. The SMILES string of the molecule is Brc1ccc2c3ccc(-c4ccc5c(c4)sc4ccc(-c6cccc(-c7cccc(Nc8cccc9c8sc8ccccc89)c7)c6)cc45)cc3n(-c3ccccc3)c2c1. The quantitative estimate of drug-likeness (QED) is 0.176. The number of aromatic nitrogens is 1. The highest BCUT2D eigenvalue weighted by atomic mass is 79.9. The van der Waals surface area contributed by atoms with Crippen LogP contribution >= 0.6 is 38.6 Å². The predicted octanol–water partition coefficient (Wildman–Crippen LogP) is 17.0. The van der Waals surface area contributed by atoms with Crippen molar-refractivity contribution in [1.29, 1.82) is 0 Å². The Morgan fingerprint density at radius 2 is 0.983 bits per heavy atom. The van der Waals surface area contributed by atoms with Gasteiger partial charge in [-0.1, -0.05) is 131 Å². The number of hydrogen-bond donors (Lipinski definition) is 1. The highest BCUT2D eigenvalue weighted by Crippen LogP contribution is 2.42. The lowest BCUT2D eigenvalue weighted by molar-refractivity contribution is 1.18. The fraction of sp³-hybridized carbons (Fsp3) is 0. The van der Waals surface area contributed by atoms with Gasteiger partial charge in [0.15, 0.2) is 0 Å². The molecule has 12 aromatic rings. The van der Waals surface area contributed by atoms with Crippen LogP contribution < -0.4 is 5.32 Å². The Bertz CT molecular complexity index is 3610. The number of halogens is 1. The standard InChI is InChI=1S/C54H33BrN2S2/c55-39-22-25-43-42-23-19-37(30-49(42)57(50(43)32-39)41-13-2-1-3-14-41)38-20-24-45-47-29-36(21-26-52(47)58-53(45)31-38)34-10-6-9-33(27-34)35-11-7-12-40(28-35)56-48-17-8-16-46-44-15-4-5-18-51(44)59-54(46)48/h1-32,56H. The molecule has 0 bridgehead atoms. The van der Waals surface area contributed by atoms with E-state index in [4.69, 9.17) is 0 Å². The smallest absolute Gasteiger partial charge is 0.0590 e. The number of nitrogens with zero attached hydrogens (tertiary/aromatic N) is 1. The van der Waals surface area contributed by atoms with E-state index >= 15 is 0 Å². The molecule has 0 saturated carbocycles. The molecular formula is C54H33BrN2S2. The maximum atomic E-state index is 3.75. The second kappa shape index (κ2) is 13.8. The molecule has 0 aliphatic carbocycles. The van der Waals surface area contributed by atoms with Gasteiger partial charge in [0.05, 0.1) is 21.4 Å². The molecule has 9 aromatic carbocycles. The van der Waals surface area contributed by atoms with E-state index in [0.29, 0.717) is 0 Å². The summed E-state index contributed by atoms with van der Waals surface area (Å²) in [6.07, 6.45) is 0. The molecule has 12 rings (SSSR count). The monoisotopic (exact) mass is 852 g/mol. The minimum atomic E-state index is 1.08. The van der Waals surface area contributed by atoms with Gasteiger partial charge in [-0.2, -0.15) is 0 Å². The first-order valence-corrected chi connectivity index (χ1v) is 22.2. The topological polar surface area (TPSA) is 17.0 Å². The van der Waals surface area contributed by atoms with Gasteiger partial charge >= 0.3 is 0 Å². The van der Waals surface area contributed by atoms with Gasteiger partial charge in [-0.15, -0.1) is 22.7 Å². The van der Waals surface area contributed by atoms with Gasteiger partial charge in [-0.25, -0.2) is 0 Å². The van der Waals surface area contributed by atoms with Crippen LogP contribution in [0.5, 0.6) is 0 Å². The van der Waals surface area contributed by atoms with Crippen molar-refractivity contribution in [2.75, 3.05) is 5.32 Å². The molecule has 2 nitrogen and oxygen atoms in total. The lowest BCUT2D eigenvalue weighted by Gasteiger charge is -2.11. The molecule has 59 heavy (non-hydrogen) atoms. The maximum absolute atomic E-state index is 3.75. The Kier molecular flexibility index (Phi) is 8.09. The van der Waals surface area contributed by atoms with Crippen molar-refractivity contribution < 1.29 is 0 Å². The van der Waals surface area contributed by atoms with Gasteiger partial charge in [-0.3, -0.25) is 0 Å². The summed E-state index contributed by atoms with van der Waals surface area (Å²) in [4.78, 5) is 0. The number of para-hydroxylation sites is 1. The molecule has 0 radical (unpaired) electrons. The zero-order chi connectivity index (χ0) is 39.0. The van der Waals surface area contributed by atoms with Gasteiger partial charge in [0.1, 0.15) is 0 Å². The van der Waals surface area contributed by atoms with Crippen molar-refractivity contribution in [2.45, 2.75) is 0 Å². The lowest BCUT2D eigenvalue weighted by atomic mass is 9.97. The zero-order valence-electron chi connectivity index (χ0n) is 31.6. The second-order valence-corrected chi connectivity index (χ2v) is 18.2. The Hall–Kier alpha value is -6.50. The van der Waals surface area contributed by atoms with Gasteiger partial charge in [0.2, 0.25) is 0 Å². The van der Waals surface area contributed by atoms with Crippen LogP contribution in [-0.4, -0.2) is 4.57 Å². The summed E-state index contributed by atoms with van der Waals surface area (Å²) in [5.41, 5.74) is 13.0. The summed E-state index contributed by atoms with van der Waals surface area (Å²) in [5, 5.41) is 11.5. The number of fused-ring (bicyclic) bond motifs is 9. The van der Waals surface area contributed by atoms with Crippen molar-refractivity contribution in [1.82, 2.24) is 4.57 Å². The van der Waals surface area contributed by atoms with Crippen molar-refractivity contribution >= 4 is 112 Å². The van der Waals surface area contributed by atoms with Crippen molar-refractivity contribution in [2.24, 2.45) is 0 Å². The molecule has 278 valence electrons. The molecule has 0 amide bonds. The van der Waals surface area contributed by atoms with Crippen LogP contribution in [0.1, 0.15) is 0 Å². The van der Waals surface area contributed by atoms with E-state index in [0.717, 1.165) is 21.5 Å². The number of thiophene rings is 2. The molecule has 3 aromatic heterocycles. The summed E-state index contributed by atoms with van der Waals surface area (Å²) in [6, 6.07) is 71.0. The minimum Gasteiger partial charge on any atom is -0.354 e. The van der Waals surface area contributed by atoms with E-state index in [1.807, 2.05) is 22.7 Å². The van der Waals surface area contributed by atoms with Crippen molar-refractivity contribution in [3.8, 4) is 39.1 Å². The van der Waals surface area contributed by atoms with E-state index < -0.39 is 0 Å². The fourth-order valence-corrected chi connectivity index (χ4v) is 11.5. The van der Waals surface area contributed by atoms with Crippen LogP contribution in [0.2, 0.25) is 0 Å². The third-order valence-corrected chi connectivity index (χ3v) is 14.5. The van der Waals surface area contributed by atoms with Crippen molar-refractivity contribution in [3.05, 3.63) is 199 Å². The molecule has 5 heteroatoms. The Balaban J connectivity index is 0.873. The first kappa shape index (κ1) is 34.5. The average molecular weight is 854 g/mol. The molecule has 0 unspecified atom stereocenters. The van der Waals surface area contributed by atoms with Crippen LogP contribution in [0, 0.1) is 0 Å². The molecule has 0 aliphatic heterocycles. The number of nitrogens with one attached hydrogen (secondary N) is 1. The van der Waals surface area contributed by atoms with Crippen LogP contribution in [0.15, 0.2) is 199 Å². The predicted molar refractivity (Wildman–Crippen MR) is 260 cm³/mol. The molecule has 0 aliphatic rings. The van der Waals surface area contributed by atoms with Gasteiger partial charge in [0.25, 0.3) is 0 Å². The number of benzene rings is 9. The van der Waals surface area contributed by atoms with Crippen molar-refractivity contribution in [3.63, 3.8) is 0 Å². The lowest BCUT2D eigenvalue weighted by Crippen LogP contribution is -1.93. The summed E-state index contributed by atoms with van der Waals surface area (Å²) < 4.78 is 8.66. The van der Waals surface area contributed by atoms with Gasteiger partial charge in [0, 0.05) is 62.3 Å². The normalized spacial score (nSPS) is 11.8. The maximum Gasteiger partial charge on any atom is 0.0590 e. The summed E-state index contributed by atoms with van der Waals surface area (Å²) in [7, 11) is 0. The van der Waals surface area contributed by atoms with Gasteiger partial charge in [-0.05, 0) is 112 Å². The molecule has 3 heterocycles. The van der Waals surface area contributed by atoms with Crippen LogP contribution in [0.25, 0.3) is 101 Å². The first-order chi connectivity index (χ1) is 29.1. The molecule has 0 spiro atoms.